The third kappa shape index (κ3) is 12.7. The summed E-state index contributed by atoms with van der Waals surface area (Å²) < 4.78 is 9.08. The molecule has 4 heteroatoms. The zero-order valence-corrected chi connectivity index (χ0v) is 3.96. The van der Waals surface area contributed by atoms with Crippen LogP contribution in [0.5, 0.6) is 0 Å². The van der Waals surface area contributed by atoms with Crippen molar-refractivity contribution in [3.63, 3.8) is 0 Å². The Morgan fingerprint density at radius 1 is 1.25 bits per heavy atom. The Labute approximate surface area is 40.0 Å². The lowest BCUT2D eigenvalue weighted by Crippen LogP contribution is -0.472. The quantitative estimate of drug-likeness (QED) is 0.458. The molecule has 0 nitrogen and oxygen atoms in total. The molecule has 0 atom stereocenters. The van der Waals surface area contributed by atoms with Crippen molar-refractivity contribution in [3.05, 3.63) is 0 Å². The van der Waals surface area contributed by atoms with Crippen LogP contribution in [-0.4, -0.2) is 0 Å². The largest absolute Gasteiger partial charge is 0.150 e. The fourth-order valence-corrected chi connectivity index (χ4v) is 0. The van der Waals surface area contributed by atoms with Crippen LogP contribution in [0.25, 0.3) is 0 Å². The lowest BCUT2D eigenvalue weighted by Gasteiger charge is -1.01. The van der Waals surface area contributed by atoms with E-state index in [2.05, 4.69) is 35.5 Å². The van der Waals surface area contributed by atoms with E-state index in [4.69, 9.17) is 3.89 Å². The van der Waals surface area contributed by atoms with Crippen molar-refractivity contribution in [2.24, 2.45) is 0 Å². The van der Waals surface area contributed by atoms with Crippen LogP contribution >= 0.6 is 35.5 Å². The summed E-state index contributed by atoms with van der Waals surface area (Å²) in [6, 6.07) is 0. The van der Waals surface area contributed by atoms with Gasteiger partial charge in [-0.3, -0.25) is 0 Å². The Balaban J connectivity index is 0. The molecule has 0 fully saturated rings. The van der Waals surface area contributed by atoms with Crippen LogP contribution in [0.2, 0.25) is 0 Å². The fraction of sp³-hybridized carbons (Fsp3) is 0. The summed E-state index contributed by atoms with van der Waals surface area (Å²) in [6.45, 7) is 0. The summed E-state index contributed by atoms with van der Waals surface area (Å²) in [5.74, 6) is 0. The van der Waals surface area contributed by atoms with E-state index in [0.29, 0.717) is 0 Å². The molecule has 0 amide bonds. The molecule has 0 N–H and O–H groups in total. The van der Waals surface area contributed by atoms with Crippen molar-refractivity contribution in [1.82, 2.24) is 0 Å². The van der Waals surface area contributed by atoms with Gasteiger partial charge in [-0.25, -0.2) is 0 Å². The minimum absolute atomic E-state index is 2.58. The Bertz CT molecular complexity index is 6.00. The molecule has 0 saturated heterocycles. The highest BCUT2D eigenvalue weighted by Crippen LogP contribution is 1.67. The summed E-state index contributed by atoms with van der Waals surface area (Å²) in [4.78, 5) is 0. The van der Waals surface area contributed by atoms with Crippen LogP contribution in [0.3, 0.4) is 0 Å². The third-order valence-corrected chi connectivity index (χ3v) is 0. The Morgan fingerprint density at radius 3 is 1.25 bits per heavy atom. The van der Waals surface area contributed by atoms with Crippen LogP contribution in [0.1, 0.15) is 0 Å². The molecule has 0 aromatic heterocycles. The molecule has 0 aliphatic heterocycles. The van der Waals surface area contributed by atoms with E-state index in [1.54, 1.807) is 0 Å². The number of rotatable bonds is 0. The minimum Gasteiger partial charge on any atom is -0.150 e. The summed E-state index contributed by atoms with van der Waals surface area (Å²) in [5, 5.41) is 0. The molecule has 2 radical (unpaired) electrons. The van der Waals surface area contributed by atoms with Crippen molar-refractivity contribution in [3.8, 4) is 0 Å². The van der Waals surface area contributed by atoms with Crippen LogP contribution in [0, 0.1) is 0 Å². The maximum Gasteiger partial charge on any atom is 0.150 e. The Hall–Kier alpha value is 0.920. The SMILES string of the molecule is F[S].[S]Cl. The van der Waals surface area contributed by atoms with Gasteiger partial charge in [0.15, 0.2) is 0 Å². The van der Waals surface area contributed by atoms with Crippen molar-refractivity contribution < 1.29 is 3.89 Å². The maximum absolute atomic E-state index is 9.08. The Morgan fingerprint density at radius 2 is 1.25 bits per heavy atom. The lowest BCUT2D eigenvalue weighted by molar-refractivity contribution is 0.957. The van der Waals surface area contributed by atoms with Gasteiger partial charge in [-0.15, -0.1) is 3.89 Å². The number of hydrogen-bond donors (Lipinski definition) is 0. The fourth-order valence-electron chi connectivity index (χ4n) is 0. The van der Waals surface area contributed by atoms with E-state index >= 15 is 0 Å². The van der Waals surface area contributed by atoms with E-state index < -0.39 is 0 Å². The molecule has 0 aromatic carbocycles. The average molecular weight is 119 g/mol. The van der Waals surface area contributed by atoms with Crippen molar-refractivity contribution >= 4 is 35.5 Å². The van der Waals surface area contributed by atoms with Crippen LogP contribution in [-0.2, 0) is 0 Å². The van der Waals surface area contributed by atoms with E-state index in [0.717, 1.165) is 0 Å². The molecule has 0 saturated carbocycles. The zero-order chi connectivity index (χ0) is 4.00. The van der Waals surface area contributed by atoms with Gasteiger partial charge in [-0.1, -0.05) is 0 Å². The molecule has 4 heavy (non-hydrogen) atoms. The molecule has 0 unspecified atom stereocenters. The number of hydrogen-bond acceptors (Lipinski definition) is 0. The molecule has 0 heterocycles. The van der Waals surface area contributed by atoms with E-state index in [1.165, 1.54) is 0 Å². The van der Waals surface area contributed by atoms with E-state index in [9.17, 15) is 0 Å². The van der Waals surface area contributed by atoms with Gasteiger partial charge < -0.3 is 0 Å². The van der Waals surface area contributed by atoms with E-state index in [-0.39, 0.29) is 0 Å². The van der Waals surface area contributed by atoms with Gasteiger partial charge in [0.05, 0.1) is 0 Å². The predicted octanol–water partition coefficient (Wildman–Crippen LogP) is 2.41. The first-order valence-electron chi connectivity index (χ1n) is 0.309. The van der Waals surface area contributed by atoms with Crippen LogP contribution in [0.15, 0.2) is 0 Å². The molecule has 0 aromatic rings. The Kier molecular flexibility index (Phi) is 87.5. The van der Waals surface area contributed by atoms with Crippen molar-refractivity contribution in [2.75, 3.05) is 0 Å². The van der Waals surface area contributed by atoms with Crippen molar-refractivity contribution in [1.29, 1.82) is 0 Å². The zero-order valence-electron chi connectivity index (χ0n) is 1.57. The van der Waals surface area contributed by atoms with Gasteiger partial charge in [0.2, 0.25) is 0 Å². The average Bonchev–Trinajstić information content (AvgIpc) is 1.50. The highest BCUT2D eigenvalue weighted by atomic mass is 35.7. The smallest absolute Gasteiger partial charge is 0.150 e. The third-order valence-electron chi connectivity index (χ3n) is 0. The van der Waals surface area contributed by atoms with Crippen LogP contribution < -0.4 is 0 Å². The second-order valence-electron chi connectivity index (χ2n) is 0. The van der Waals surface area contributed by atoms with E-state index in [1.807, 2.05) is 0 Å². The van der Waals surface area contributed by atoms with Crippen molar-refractivity contribution in [2.45, 2.75) is 0 Å². The van der Waals surface area contributed by atoms with Gasteiger partial charge in [-0.05, 0) is 10.7 Å². The van der Waals surface area contributed by atoms with Gasteiger partial charge in [0, 0.05) is 11.8 Å². The molecule has 0 rings (SSSR count). The van der Waals surface area contributed by atoms with Crippen LogP contribution in [0.4, 0.5) is 3.89 Å². The topological polar surface area (TPSA) is 0 Å². The normalized spacial score (nSPS) is 3.00. The monoisotopic (exact) mass is 118 g/mol. The highest BCUT2D eigenvalue weighted by Gasteiger charge is 1.01. The van der Waals surface area contributed by atoms with Gasteiger partial charge in [0.25, 0.3) is 0 Å². The molecule has 0 aliphatic carbocycles. The summed E-state index contributed by atoms with van der Waals surface area (Å²) in [6.07, 6.45) is 0. The van der Waals surface area contributed by atoms with Gasteiger partial charge in [0.1, 0.15) is 13.0 Å². The molecule has 0 bridgehead atoms. The summed E-state index contributed by atoms with van der Waals surface area (Å²) >= 11 is 6.14. The first kappa shape index (κ1) is 8.87. The second kappa shape index (κ2) is 39.5. The molecular formula is ClFS2. The minimum atomic E-state index is 2.58. The van der Waals surface area contributed by atoms with Gasteiger partial charge >= 0.3 is 0 Å². The maximum atomic E-state index is 9.08. The first-order valence-corrected chi connectivity index (χ1v) is 1.85. The molecule has 0 aliphatic rings. The molecule has 0 spiro atoms. The summed E-state index contributed by atoms with van der Waals surface area (Å²) in [7, 11) is 4.22. The lowest BCUT2D eigenvalue weighted by atomic mass is 18.9. The first-order chi connectivity index (χ1) is 2.00. The van der Waals surface area contributed by atoms with Gasteiger partial charge in [-0.2, -0.15) is 0 Å². The predicted molar refractivity (Wildman–Crippen MR) is 22.1 cm³/mol. The standard InChI is InChI=1S/ClS.FS/c2*1-2. The highest BCUT2D eigenvalue weighted by molar-refractivity contribution is 8.05. The second-order valence-corrected chi connectivity index (χ2v) is 0. The molecular weight excluding hydrogens is 119 g/mol. The number of halogens is 2. The molecule has 26 valence electrons. The summed E-state index contributed by atoms with van der Waals surface area (Å²) in [5.41, 5.74) is 0.